The number of hydrogen-bond acceptors (Lipinski definition) is 3. The lowest BCUT2D eigenvalue weighted by molar-refractivity contribution is -0.118. The summed E-state index contributed by atoms with van der Waals surface area (Å²) in [7, 11) is 0. The fourth-order valence-electron chi connectivity index (χ4n) is 2.49. The Morgan fingerprint density at radius 3 is 2.68 bits per heavy atom. The van der Waals surface area contributed by atoms with Gasteiger partial charge in [0.1, 0.15) is 11.9 Å². The number of benzene rings is 2. The van der Waals surface area contributed by atoms with Crippen LogP contribution in [0.2, 0.25) is 0 Å². The van der Waals surface area contributed by atoms with Crippen LogP contribution in [0.3, 0.4) is 0 Å². The Bertz CT molecular complexity index is 800. The van der Waals surface area contributed by atoms with Crippen molar-refractivity contribution in [1.82, 2.24) is 0 Å². The molecule has 2 atom stereocenters. The highest BCUT2D eigenvalue weighted by Crippen LogP contribution is 2.19. The number of rotatable bonds is 3. The Morgan fingerprint density at radius 1 is 1.14 bits per heavy atom. The summed E-state index contributed by atoms with van der Waals surface area (Å²) in [6, 6.07) is 15.5. The van der Waals surface area contributed by atoms with Gasteiger partial charge in [0.25, 0.3) is 0 Å². The zero-order valence-electron chi connectivity index (χ0n) is 12.7. The van der Waals surface area contributed by atoms with Gasteiger partial charge in [0, 0.05) is 6.07 Å². The number of carbonyl (C=O) groups is 1. The van der Waals surface area contributed by atoms with E-state index in [1.54, 1.807) is 6.07 Å². The fraction of sp³-hybridized carbons (Fsp3) is 0.278. The second-order valence-electron chi connectivity index (χ2n) is 5.51. The average Bonchev–Trinajstić information content (AvgIpc) is 2.64. The molecule has 0 aliphatic carbocycles. The smallest absolute Gasteiger partial charge is 0.248 e. The van der Waals surface area contributed by atoms with Gasteiger partial charge in [-0.15, -0.1) is 0 Å². The molecule has 0 saturated carbocycles. The Kier molecular flexibility index (Phi) is 4.00. The largest absolute Gasteiger partial charge is 0.486 e. The van der Waals surface area contributed by atoms with Crippen molar-refractivity contribution in [3.8, 4) is 5.75 Å². The molecule has 22 heavy (non-hydrogen) atoms. The van der Waals surface area contributed by atoms with E-state index in [-0.39, 0.29) is 18.1 Å². The molecule has 112 valence electrons. The molecule has 0 radical (unpaired) electrons. The summed E-state index contributed by atoms with van der Waals surface area (Å²) in [6.07, 6.45) is 0.298. The molecule has 1 aliphatic rings. The second kappa shape index (κ2) is 6.10. The molecule has 0 unspecified atom stereocenters. The van der Waals surface area contributed by atoms with E-state index in [1.165, 1.54) is 0 Å². The van der Waals surface area contributed by atoms with E-state index in [9.17, 15) is 4.79 Å². The molecule has 1 amide bonds. The van der Waals surface area contributed by atoms with Gasteiger partial charge in [0.15, 0.2) is 0 Å². The van der Waals surface area contributed by atoms with E-state index >= 15 is 0 Å². The van der Waals surface area contributed by atoms with Crippen molar-refractivity contribution in [2.45, 2.75) is 32.4 Å². The topological polar surface area (TPSA) is 51.0 Å². The first-order chi connectivity index (χ1) is 10.6. The fourth-order valence-corrected chi connectivity index (χ4v) is 2.49. The SMILES string of the molecule is C[C@@H]1CC(=O)N=c2ccc(O[C@H](C)c3ccccc3)cc2=N1. The van der Waals surface area contributed by atoms with Crippen LogP contribution in [0.5, 0.6) is 5.75 Å². The van der Waals surface area contributed by atoms with Gasteiger partial charge in [-0.25, -0.2) is 4.99 Å². The second-order valence-corrected chi connectivity index (χ2v) is 5.51. The zero-order valence-corrected chi connectivity index (χ0v) is 12.7. The minimum atomic E-state index is -0.124. The van der Waals surface area contributed by atoms with Crippen LogP contribution >= 0.6 is 0 Å². The van der Waals surface area contributed by atoms with Gasteiger partial charge in [-0.1, -0.05) is 30.3 Å². The number of carbonyl (C=O) groups excluding carboxylic acids is 1. The van der Waals surface area contributed by atoms with Crippen molar-refractivity contribution >= 4 is 5.91 Å². The maximum absolute atomic E-state index is 11.6. The molecule has 1 heterocycles. The summed E-state index contributed by atoms with van der Waals surface area (Å²) in [5.74, 6) is 0.608. The van der Waals surface area contributed by atoms with E-state index < -0.39 is 0 Å². The first-order valence-electron chi connectivity index (χ1n) is 7.43. The standard InChI is InChI=1S/C18H18N2O2/c1-12-10-18(21)20-16-9-8-15(11-17(16)19-12)22-13(2)14-6-4-3-5-7-14/h3-9,11-13H,10H2,1-2H3/t12-,13-/m1/s1. The average molecular weight is 294 g/mol. The quantitative estimate of drug-likeness (QED) is 0.872. The highest BCUT2D eigenvalue weighted by Gasteiger charge is 2.12. The molecule has 0 saturated heterocycles. The van der Waals surface area contributed by atoms with Crippen molar-refractivity contribution < 1.29 is 9.53 Å². The predicted octanol–water partition coefficient (Wildman–Crippen LogP) is 2.38. The minimum absolute atomic E-state index is 0.0546. The summed E-state index contributed by atoms with van der Waals surface area (Å²) in [5, 5.41) is 1.34. The van der Waals surface area contributed by atoms with Gasteiger partial charge in [-0.3, -0.25) is 9.79 Å². The Hall–Kier alpha value is -2.49. The van der Waals surface area contributed by atoms with Gasteiger partial charge in [0.05, 0.1) is 23.2 Å². The third-order valence-corrected chi connectivity index (χ3v) is 3.60. The molecule has 0 spiro atoms. The normalized spacial score (nSPS) is 18.5. The first kappa shape index (κ1) is 14.4. The third-order valence-electron chi connectivity index (χ3n) is 3.60. The maximum atomic E-state index is 11.6. The van der Waals surface area contributed by atoms with Crippen LogP contribution < -0.4 is 15.5 Å². The van der Waals surface area contributed by atoms with Crippen LogP contribution in [-0.2, 0) is 4.79 Å². The maximum Gasteiger partial charge on any atom is 0.248 e. The van der Waals surface area contributed by atoms with Crippen LogP contribution in [0.4, 0.5) is 0 Å². The molecule has 1 aliphatic heterocycles. The molecule has 0 aromatic heterocycles. The summed E-state index contributed by atoms with van der Waals surface area (Å²) in [5.41, 5.74) is 1.11. The van der Waals surface area contributed by atoms with E-state index in [0.717, 1.165) is 16.7 Å². The van der Waals surface area contributed by atoms with E-state index in [1.807, 2.05) is 56.3 Å². The lowest BCUT2D eigenvalue weighted by atomic mass is 10.1. The highest BCUT2D eigenvalue weighted by molar-refractivity contribution is 5.77. The molecule has 4 heteroatoms. The number of amides is 1. The van der Waals surface area contributed by atoms with Crippen molar-refractivity contribution in [2.24, 2.45) is 9.98 Å². The number of ether oxygens (including phenoxy) is 1. The third kappa shape index (κ3) is 3.22. The molecule has 3 rings (SSSR count). The molecule has 0 bridgehead atoms. The molecule has 0 fully saturated rings. The molecular formula is C18H18N2O2. The van der Waals surface area contributed by atoms with Gasteiger partial charge in [-0.05, 0) is 31.5 Å². The summed E-state index contributed by atoms with van der Waals surface area (Å²) >= 11 is 0. The van der Waals surface area contributed by atoms with Crippen LogP contribution in [-0.4, -0.2) is 11.9 Å². The zero-order chi connectivity index (χ0) is 15.5. The minimum Gasteiger partial charge on any atom is -0.486 e. The molecule has 0 N–H and O–H groups in total. The van der Waals surface area contributed by atoms with E-state index in [2.05, 4.69) is 9.98 Å². The molecule has 2 aromatic rings. The number of hydrogen-bond donors (Lipinski definition) is 0. The van der Waals surface area contributed by atoms with Crippen molar-refractivity contribution in [3.63, 3.8) is 0 Å². The lowest BCUT2D eigenvalue weighted by Crippen LogP contribution is -2.25. The van der Waals surface area contributed by atoms with E-state index in [4.69, 9.17) is 4.74 Å². The molecular weight excluding hydrogens is 276 g/mol. The van der Waals surface area contributed by atoms with Crippen LogP contribution in [0.15, 0.2) is 58.5 Å². The van der Waals surface area contributed by atoms with Gasteiger partial charge in [0.2, 0.25) is 5.91 Å². The van der Waals surface area contributed by atoms with Gasteiger partial charge >= 0.3 is 0 Å². The van der Waals surface area contributed by atoms with Crippen molar-refractivity contribution in [2.75, 3.05) is 0 Å². The molecule has 4 nitrogen and oxygen atoms in total. The van der Waals surface area contributed by atoms with E-state index in [0.29, 0.717) is 11.8 Å². The Morgan fingerprint density at radius 2 is 1.91 bits per heavy atom. The number of fused-ring (bicyclic) bond motifs is 1. The van der Waals surface area contributed by atoms with Crippen LogP contribution in [0, 0.1) is 0 Å². The lowest BCUT2D eigenvalue weighted by Gasteiger charge is -2.14. The van der Waals surface area contributed by atoms with Crippen molar-refractivity contribution in [3.05, 3.63) is 64.8 Å². The summed E-state index contributed by atoms with van der Waals surface area (Å²) in [6.45, 7) is 3.93. The van der Waals surface area contributed by atoms with Gasteiger partial charge < -0.3 is 4.74 Å². The highest BCUT2D eigenvalue weighted by atomic mass is 16.5. The van der Waals surface area contributed by atoms with Crippen LogP contribution in [0.1, 0.15) is 31.9 Å². The van der Waals surface area contributed by atoms with Crippen molar-refractivity contribution in [1.29, 1.82) is 0 Å². The molecule has 2 aromatic carbocycles. The first-order valence-corrected chi connectivity index (χ1v) is 7.43. The summed E-state index contributed by atoms with van der Waals surface area (Å²) < 4.78 is 5.98. The predicted molar refractivity (Wildman–Crippen MR) is 83.3 cm³/mol. The number of nitrogens with zero attached hydrogens (tertiary/aromatic N) is 2. The van der Waals surface area contributed by atoms with Crippen LogP contribution in [0.25, 0.3) is 0 Å². The van der Waals surface area contributed by atoms with Gasteiger partial charge in [-0.2, -0.15) is 0 Å². The summed E-state index contributed by atoms with van der Waals surface area (Å²) in [4.78, 5) is 20.3. The monoisotopic (exact) mass is 294 g/mol. The Labute approximate surface area is 129 Å². The Balaban J connectivity index is 1.91.